The molecule has 5 nitrogen and oxygen atoms in total. The highest BCUT2D eigenvalue weighted by Gasteiger charge is 2.41. The second kappa shape index (κ2) is 6.53. The summed E-state index contributed by atoms with van der Waals surface area (Å²) in [5.41, 5.74) is 2.25. The van der Waals surface area contributed by atoms with Crippen molar-refractivity contribution in [3.05, 3.63) is 54.1 Å². The largest absolute Gasteiger partial charge is 0.376 e. The van der Waals surface area contributed by atoms with Gasteiger partial charge in [-0.25, -0.2) is 0 Å². The van der Waals surface area contributed by atoms with Crippen molar-refractivity contribution in [3.63, 3.8) is 0 Å². The van der Waals surface area contributed by atoms with E-state index in [2.05, 4.69) is 51.2 Å². The van der Waals surface area contributed by atoms with Gasteiger partial charge in [0, 0.05) is 38.3 Å². The minimum atomic E-state index is 0.0497. The number of aromatic nitrogens is 2. The number of hydrogen-bond acceptors (Lipinski definition) is 3. The molecule has 2 aliphatic rings. The van der Waals surface area contributed by atoms with Gasteiger partial charge in [-0.2, -0.15) is 0 Å². The number of hydrogen-bond donors (Lipinski definition) is 1. The van der Waals surface area contributed by atoms with Crippen molar-refractivity contribution in [3.8, 4) is 0 Å². The van der Waals surface area contributed by atoms with Crippen LogP contribution in [0.1, 0.15) is 36.3 Å². The fraction of sp³-hybridized carbons (Fsp3) is 0.444. The molecule has 2 fully saturated rings. The highest BCUT2D eigenvalue weighted by Crippen LogP contribution is 2.39. The molecule has 4 heterocycles. The van der Waals surface area contributed by atoms with Crippen molar-refractivity contribution in [1.29, 1.82) is 0 Å². The van der Waals surface area contributed by atoms with Gasteiger partial charge < -0.3 is 19.5 Å². The van der Waals surface area contributed by atoms with E-state index in [1.54, 1.807) is 0 Å². The summed E-state index contributed by atoms with van der Waals surface area (Å²) in [6, 6.07) is 10.4. The molecule has 0 saturated carbocycles. The van der Waals surface area contributed by atoms with Crippen LogP contribution in [0.25, 0.3) is 0 Å². The normalized spacial score (nSPS) is 26.8. The number of nitrogens with one attached hydrogen (secondary N) is 1. The van der Waals surface area contributed by atoms with Gasteiger partial charge in [0.25, 0.3) is 0 Å². The van der Waals surface area contributed by atoms with Crippen LogP contribution in [0.5, 0.6) is 0 Å². The van der Waals surface area contributed by atoms with E-state index in [1.165, 1.54) is 5.69 Å². The molecule has 0 unspecified atom stereocenters. The molecule has 2 aromatic heterocycles. The molecular weight excluding hydrogens is 320 g/mol. The average Bonchev–Trinajstić information content (AvgIpc) is 3.31. The zero-order valence-corrected chi connectivity index (χ0v) is 14.6. The van der Waals surface area contributed by atoms with Crippen LogP contribution < -0.4 is 5.32 Å². The minimum absolute atomic E-state index is 0.0497. The highest BCUT2D eigenvalue weighted by atomic mass is 32.1. The third kappa shape index (κ3) is 2.80. The summed E-state index contributed by atoms with van der Waals surface area (Å²) in [6.45, 7) is 1.68. The lowest BCUT2D eigenvalue weighted by atomic mass is 10.0. The molecule has 126 valence electrons. The molecular formula is C18H22N4OS. The molecule has 4 rings (SSSR count). The van der Waals surface area contributed by atoms with Crippen molar-refractivity contribution < 1.29 is 4.74 Å². The van der Waals surface area contributed by atoms with E-state index in [1.807, 2.05) is 18.3 Å². The zero-order valence-electron chi connectivity index (χ0n) is 13.8. The smallest absolute Gasteiger partial charge is 0.170 e. The van der Waals surface area contributed by atoms with Crippen LogP contribution in [0.4, 0.5) is 0 Å². The van der Waals surface area contributed by atoms with E-state index >= 15 is 0 Å². The second-order valence-electron chi connectivity index (χ2n) is 6.46. The van der Waals surface area contributed by atoms with Gasteiger partial charge in [-0.05, 0) is 49.3 Å². The summed E-state index contributed by atoms with van der Waals surface area (Å²) in [4.78, 5) is 6.84. The van der Waals surface area contributed by atoms with Gasteiger partial charge in [-0.15, -0.1) is 0 Å². The molecule has 24 heavy (non-hydrogen) atoms. The summed E-state index contributed by atoms with van der Waals surface area (Å²) in [5, 5.41) is 4.27. The van der Waals surface area contributed by atoms with Crippen LogP contribution >= 0.6 is 12.2 Å². The van der Waals surface area contributed by atoms with Crippen molar-refractivity contribution in [2.75, 3.05) is 13.2 Å². The van der Waals surface area contributed by atoms with Gasteiger partial charge in [0.1, 0.15) is 0 Å². The first-order chi connectivity index (χ1) is 11.7. The monoisotopic (exact) mass is 342 g/mol. The Morgan fingerprint density at radius 1 is 1.33 bits per heavy atom. The van der Waals surface area contributed by atoms with Crippen LogP contribution in [-0.4, -0.2) is 38.8 Å². The van der Waals surface area contributed by atoms with Crippen LogP contribution in [0, 0.1) is 0 Å². The Bertz CT molecular complexity index is 711. The van der Waals surface area contributed by atoms with E-state index < -0.39 is 0 Å². The Morgan fingerprint density at radius 2 is 2.25 bits per heavy atom. The summed E-state index contributed by atoms with van der Waals surface area (Å²) in [5.74, 6) is 0. The van der Waals surface area contributed by atoms with Crippen molar-refractivity contribution in [1.82, 2.24) is 19.8 Å². The highest BCUT2D eigenvalue weighted by molar-refractivity contribution is 7.80. The van der Waals surface area contributed by atoms with Crippen LogP contribution in [0.3, 0.4) is 0 Å². The minimum Gasteiger partial charge on any atom is -0.376 e. The van der Waals surface area contributed by atoms with Crippen LogP contribution in [-0.2, 0) is 11.8 Å². The molecule has 2 saturated heterocycles. The lowest BCUT2D eigenvalue weighted by molar-refractivity contribution is 0.0835. The first-order valence-electron chi connectivity index (χ1n) is 8.45. The SMILES string of the molecule is Cn1cccc1[C@H]1[C@H](c2ccccn2)NC(=S)N1C[C@@H]1CCCO1. The molecule has 0 aliphatic carbocycles. The summed E-state index contributed by atoms with van der Waals surface area (Å²) >= 11 is 5.67. The number of aryl methyl sites for hydroxylation is 1. The van der Waals surface area contributed by atoms with Gasteiger partial charge in [0.2, 0.25) is 0 Å². The Kier molecular flexibility index (Phi) is 4.24. The average molecular weight is 342 g/mol. The maximum Gasteiger partial charge on any atom is 0.170 e. The van der Waals surface area contributed by atoms with E-state index in [0.29, 0.717) is 0 Å². The molecule has 6 heteroatoms. The van der Waals surface area contributed by atoms with Gasteiger partial charge >= 0.3 is 0 Å². The molecule has 0 aromatic carbocycles. The Morgan fingerprint density at radius 3 is 2.92 bits per heavy atom. The van der Waals surface area contributed by atoms with E-state index in [0.717, 1.165) is 36.8 Å². The first-order valence-corrected chi connectivity index (χ1v) is 8.86. The van der Waals surface area contributed by atoms with E-state index in [4.69, 9.17) is 17.0 Å². The van der Waals surface area contributed by atoms with Crippen molar-refractivity contribution in [2.45, 2.75) is 31.0 Å². The quantitative estimate of drug-likeness (QED) is 0.865. The van der Waals surface area contributed by atoms with Crippen molar-refractivity contribution in [2.24, 2.45) is 7.05 Å². The van der Waals surface area contributed by atoms with Gasteiger partial charge in [0.05, 0.1) is 23.9 Å². The van der Waals surface area contributed by atoms with E-state index in [-0.39, 0.29) is 18.2 Å². The zero-order chi connectivity index (χ0) is 16.5. The number of pyridine rings is 1. The molecule has 1 N–H and O–H groups in total. The molecule has 0 bridgehead atoms. The maximum atomic E-state index is 5.85. The molecule has 0 radical (unpaired) electrons. The van der Waals surface area contributed by atoms with Crippen LogP contribution in [0.2, 0.25) is 0 Å². The summed E-state index contributed by atoms with van der Waals surface area (Å²) in [6.07, 6.45) is 6.42. The van der Waals surface area contributed by atoms with Gasteiger partial charge in [0.15, 0.2) is 5.11 Å². The third-order valence-corrected chi connectivity index (χ3v) is 5.26. The Balaban J connectivity index is 1.69. The molecule has 0 spiro atoms. The first kappa shape index (κ1) is 15.6. The third-order valence-electron chi connectivity index (χ3n) is 4.91. The fourth-order valence-electron chi connectivity index (χ4n) is 3.71. The predicted molar refractivity (Wildman–Crippen MR) is 96.5 cm³/mol. The van der Waals surface area contributed by atoms with Crippen LogP contribution in [0.15, 0.2) is 42.7 Å². The molecule has 2 aliphatic heterocycles. The Labute approximate surface area is 147 Å². The molecule has 3 atom stereocenters. The maximum absolute atomic E-state index is 5.85. The lowest BCUT2D eigenvalue weighted by Crippen LogP contribution is -2.36. The number of rotatable bonds is 4. The summed E-state index contributed by atoms with van der Waals surface area (Å²) < 4.78 is 8.01. The standard InChI is InChI=1S/C18H22N4OS/c1-21-10-4-8-15(21)17-16(14-7-2-3-9-19-14)20-18(24)22(17)12-13-6-5-11-23-13/h2-4,7-10,13,16-17H,5-6,11-12H2,1H3,(H,20,24)/t13-,16-,17-/m0/s1. The lowest BCUT2D eigenvalue weighted by Gasteiger charge is -2.30. The molecule has 0 amide bonds. The van der Waals surface area contributed by atoms with Gasteiger partial charge in [-0.3, -0.25) is 4.98 Å². The number of thiocarbonyl (C=S) groups is 1. The fourth-order valence-corrected chi connectivity index (χ4v) is 4.03. The second-order valence-corrected chi connectivity index (χ2v) is 6.84. The number of ether oxygens (including phenoxy) is 1. The predicted octanol–water partition coefficient (Wildman–Crippen LogP) is 2.57. The molecule has 2 aromatic rings. The number of nitrogens with zero attached hydrogens (tertiary/aromatic N) is 3. The van der Waals surface area contributed by atoms with Gasteiger partial charge in [-0.1, -0.05) is 6.07 Å². The topological polar surface area (TPSA) is 42.3 Å². The summed E-state index contributed by atoms with van der Waals surface area (Å²) in [7, 11) is 2.08. The Hall–Kier alpha value is -1.92. The van der Waals surface area contributed by atoms with Crippen molar-refractivity contribution >= 4 is 17.3 Å². The van der Waals surface area contributed by atoms with E-state index in [9.17, 15) is 0 Å².